The van der Waals surface area contributed by atoms with E-state index in [0.29, 0.717) is 11.3 Å². The molecular formula is C19H15FN4O4. The number of hydrogen-bond acceptors (Lipinski definition) is 6. The van der Waals surface area contributed by atoms with Crippen LogP contribution < -0.4 is 14.4 Å². The second-order valence-electron chi connectivity index (χ2n) is 6.04. The van der Waals surface area contributed by atoms with Crippen molar-refractivity contribution in [2.24, 2.45) is 0 Å². The van der Waals surface area contributed by atoms with E-state index in [1.807, 2.05) is 0 Å². The van der Waals surface area contributed by atoms with Crippen LogP contribution in [0.15, 0.2) is 42.7 Å². The third-order valence-corrected chi connectivity index (χ3v) is 4.35. The lowest BCUT2D eigenvalue weighted by atomic mass is 10.1. The maximum atomic E-state index is 13.3. The largest absolute Gasteiger partial charge is 0.493 e. The molecule has 1 aromatic heterocycles. The molecule has 1 aliphatic heterocycles. The lowest BCUT2D eigenvalue weighted by Crippen LogP contribution is -2.30. The van der Waals surface area contributed by atoms with Gasteiger partial charge in [0, 0.05) is 0 Å². The lowest BCUT2D eigenvalue weighted by molar-refractivity contribution is 0.0923. The Balaban J connectivity index is 1.66. The number of benzene rings is 2. The van der Waals surface area contributed by atoms with Gasteiger partial charge in [0.25, 0.3) is 17.8 Å². The van der Waals surface area contributed by atoms with E-state index < -0.39 is 11.8 Å². The molecule has 0 bridgehead atoms. The number of fused-ring (bicyclic) bond motifs is 1. The van der Waals surface area contributed by atoms with Gasteiger partial charge in [-0.2, -0.15) is 4.98 Å². The highest BCUT2D eigenvalue weighted by molar-refractivity contribution is 6.35. The minimum Gasteiger partial charge on any atom is -0.493 e. The number of nitrogens with zero attached hydrogens (tertiary/aromatic N) is 4. The Morgan fingerprint density at radius 2 is 1.89 bits per heavy atom. The van der Waals surface area contributed by atoms with Crippen molar-refractivity contribution >= 4 is 17.8 Å². The number of carbonyl (C=O) groups is 2. The highest BCUT2D eigenvalue weighted by Gasteiger charge is 2.42. The molecule has 2 aromatic carbocycles. The second kappa shape index (κ2) is 6.76. The molecular weight excluding hydrogens is 367 g/mol. The Labute approximate surface area is 159 Å². The molecule has 0 unspecified atom stereocenters. The van der Waals surface area contributed by atoms with Gasteiger partial charge in [-0.1, -0.05) is 12.1 Å². The van der Waals surface area contributed by atoms with E-state index in [4.69, 9.17) is 9.47 Å². The molecule has 2 heterocycles. The van der Waals surface area contributed by atoms with Gasteiger partial charge in [-0.3, -0.25) is 9.59 Å². The highest BCUT2D eigenvalue weighted by Crippen LogP contribution is 2.39. The van der Waals surface area contributed by atoms with Gasteiger partial charge in [0.15, 0.2) is 11.5 Å². The van der Waals surface area contributed by atoms with Gasteiger partial charge in [-0.25, -0.2) is 14.0 Å². The number of methoxy groups -OCH3 is 2. The number of carbonyl (C=O) groups excluding carboxylic acids is 2. The summed E-state index contributed by atoms with van der Waals surface area (Å²) in [5.41, 5.74) is 0.961. The highest BCUT2D eigenvalue weighted by atomic mass is 19.1. The molecule has 28 heavy (non-hydrogen) atoms. The summed E-state index contributed by atoms with van der Waals surface area (Å²) in [5, 5.41) is 4.19. The normalized spacial score (nSPS) is 13.0. The van der Waals surface area contributed by atoms with Crippen LogP contribution in [0.4, 0.5) is 10.3 Å². The standard InChI is InChI=1S/C19H15FN4O4/c1-27-14-7-6-13-15(16(14)28-2)18(26)24(17(13)25)19-21-10-23(22-19)9-11-4-3-5-12(20)8-11/h3-8,10H,9H2,1-2H3. The number of rotatable bonds is 5. The molecule has 0 aliphatic carbocycles. The smallest absolute Gasteiger partial charge is 0.272 e. The molecule has 2 amide bonds. The molecule has 0 saturated heterocycles. The summed E-state index contributed by atoms with van der Waals surface area (Å²) in [6.07, 6.45) is 1.38. The molecule has 0 N–H and O–H groups in total. The zero-order valence-electron chi connectivity index (χ0n) is 15.0. The Hall–Kier alpha value is -3.75. The molecule has 1 aliphatic rings. The molecule has 0 atom stereocenters. The van der Waals surface area contributed by atoms with Crippen LogP contribution in [0.2, 0.25) is 0 Å². The van der Waals surface area contributed by atoms with Gasteiger partial charge in [-0.05, 0) is 29.8 Å². The first-order chi connectivity index (χ1) is 13.5. The maximum absolute atomic E-state index is 13.3. The zero-order valence-corrected chi connectivity index (χ0v) is 15.0. The third kappa shape index (κ3) is 2.77. The Morgan fingerprint density at radius 3 is 2.61 bits per heavy atom. The van der Waals surface area contributed by atoms with Gasteiger partial charge in [-0.15, -0.1) is 5.10 Å². The van der Waals surface area contributed by atoms with Crippen molar-refractivity contribution in [1.29, 1.82) is 0 Å². The summed E-state index contributed by atoms with van der Waals surface area (Å²) in [6, 6.07) is 9.11. The Morgan fingerprint density at radius 1 is 1.07 bits per heavy atom. The van der Waals surface area contributed by atoms with Crippen LogP contribution in [0.5, 0.6) is 11.5 Å². The van der Waals surface area contributed by atoms with Crippen LogP contribution in [0.25, 0.3) is 0 Å². The fourth-order valence-corrected chi connectivity index (χ4v) is 3.11. The minimum atomic E-state index is -0.598. The van der Waals surface area contributed by atoms with E-state index in [0.717, 1.165) is 4.90 Å². The van der Waals surface area contributed by atoms with Crippen LogP contribution in [-0.4, -0.2) is 40.8 Å². The van der Waals surface area contributed by atoms with Crippen LogP contribution >= 0.6 is 0 Å². The average Bonchev–Trinajstić information content (AvgIpc) is 3.23. The number of anilines is 1. The van der Waals surface area contributed by atoms with Crippen molar-refractivity contribution < 1.29 is 23.5 Å². The summed E-state index contributed by atoms with van der Waals surface area (Å²) >= 11 is 0. The number of amides is 2. The number of ether oxygens (including phenoxy) is 2. The van der Waals surface area contributed by atoms with E-state index in [9.17, 15) is 14.0 Å². The van der Waals surface area contributed by atoms with E-state index in [-0.39, 0.29) is 35.2 Å². The topological polar surface area (TPSA) is 86.6 Å². The second-order valence-corrected chi connectivity index (χ2v) is 6.04. The molecule has 4 rings (SSSR count). The molecule has 0 spiro atoms. The van der Waals surface area contributed by atoms with Crippen molar-refractivity contribution in [2.45, 2.75) is 6.54 Å². The number of aromatic nitrogens is 3. The Kier molecular flexibility index (Phi) is 4.26. The van der Waals surface area contributed by atoms with Gasteiger partial charge >= 0.3 is 0 Å². The van der Waals surface area contributed by atoms with Gasteiger partial charge in [0.2, 0.25) is 0 Å². The summed E-state index contributed by atoms with van der Waals surface area (Å²) in [4.78, 5) is 30.6. The van der Waals surface area contributed by atoms with E-state index >= 15 is 0 Å². The lowest BCUT2D eigenvalue weighted by Gasteiger charge is -2.10. The average molecular weight is 382 g/mol. The molecule has 0 radical (unpaired) electrons. The van der Waals surface area contributed by atoms with E-state index in [1.54, 1.807) is 18.2 Å². The fourth-order valence-electron chi connectivity index (χ4n) is 3.11. The monoisotopic (exact) mass is 382 g/mol. The maximum Gasteiger partial charge on any atom is 0.272 e. The summed E-state index contributed by atoms with van der Waals surface area (Å²) in [6.45, 7) is 0.241. The van der Waals surface area contributed by atoms with Crippen LogP contribution in [0.3, 0.4) is 0 Å². The van der Waals surface area contributed by atoms with Crippen LogP contribution in [-0.2, 0) is 6.54 Å². The number of halogens is 1. The van der Waals surface area contributed by atoms with Crippen molar-refractivity contribution in [3.8, 4) is 11.5 Å². The van der Waals surface area contributed by atoms with Gasteiger partial charge in [0.1, 0.15) is 12.1 Å². The minimum absolute atomic E-state index is 0.0661. The van der Waals surface area contributed by atoms with Crippen molar-refractivity contribution in [3.05, 3.63) is 65.2 Å². The quantitative estimate of drug-likeness (QED) is 0.630. The third-order valence-electron chi connectivity index (χ3n) is 4.35. The molecule has 142 valence electrons. The SMILES string of the molecule is COc1ccc2c(c1OC)C(=O)N(c1ncn(Cc3cccc(F)c3)n1)C2=O. The molecule has 8 nitrogen and oxygen atoms in total. The van der Waals surface area contributed by atoms with E-state index in [1.165, 1.54) is 43.4 Å². The van der Waals surface area contributed by atoms with Crippen molar-refractivity contribution in [3.63, 3.8) is 0 Å². The molecule has 0 saturated carbocycles. The summed E-state index contributed by atoms with van der Waals surface area (Å²) in [7, 11) is 2.84. The van der Waals surface area contributed by atoms with Crippen LogP contribution in [0.1, 0.15) is 26.3 Å². The summed E-state index contributed by atoms with van der Waals surface area (Å²) in [5.74, 6) is -1.06. The first kappa shape index (κ1) is 17.7. The predicted octanol–water partition coefficient (Wildman–Crippen LogP) is 2.28. The number of hydrogen-bond donors (Lipinski definition) is 0. The number of imide groups is 1. The predicted molar refractivity (Wildman–Crippen MR) is 96.2 cm³/mol. The summed E-state index contributed by atoms with van der Waals surface area (Å²) < 4.78 is 25.2. The van der Waals surface area contributed by atoms with Crippen molar-refractivity contribution in [2.75, 3.05) is 19.1 Å². The van der Waals surface area contributed by atoms with Crippen molar-refractivity contribution in [1.82, 2.24) is 14.8 Å². The van der Waals surface area contributed by atoms with Gasteiger partial charge in [0.05, 0.1) is 31.9 Å². The van der Waals surface area contributed by atoms with E-state index in [2.05, 4.69) is 10.1 Å². The first-order valence-electron chi connectivity index (χ1n) is 8.31. The first-order valence-corrected chi connectivity index (χ1v) is 8.31. The fraction of sp³-hybridized carbons (Fsp3) is 0.158. The molecule has 9 heteroatoms. The van der Waals surface area contributed by atoms with Gasteiger partial charge < -0.3 is 9.47 Å². The molecule has 3 aromatic rings. The molecule has 0 fully saturated rings. The zero-order chi connectivity index (χ0) is 19.8. The van der Waals surface area contributed by atoms with Crippen LogP contribution in [0, 0.1) is 5.82 Å². The Bertz CT molecular complexity index is 1100.